The largest absolute Gasteiger partial charge is 0.394 e. The maximum absolute atomic E-state index is 12.5. The third kappa shape index (κ3) is 3.99. The zero-order valence-electron chi connectivity index (χ0n) is 15.1. The number of likely N-dealkylation sites (tertiary alicyclic amines) is 1. The van der Waals surface area contributed by atoms with Crippen LogP contribution in [0.5, 0.6) is 0 Å². The summed E-state index contributed by atoms with van der Waals surface area (Å²) in [6, 6.07) is 14.2. The van der Waals surface area contributed by atoms with Gasteiger partial charge in [-0.1, -0.05) is 36.4 Å². The maximum atomic E-state index is 12.5. The summed E-state index contributed by atoms with van der Waals surface area (Å²) >= 11 is 0. The fourth-order valence-corrected chi connectivity index (χ4v) is 3.65. The van der Waals surface area contributed by atoms with Crippen LogP contribution in [0.25, 0.3) is 0 Å². The Labute approximate surface area is 158 Å². The second-order valence-corrected chi connectivity index (χ2v) is 6.41. The normalized spacial score (nSPS) is 21.4. The van der Waals surface area contributed by atoms with Crippen LogP contribution in [0.4, 0.5) is 0 Å². The van der Waals surface area contributed by atoms with Crippen molar-refractivity contribution in [1.82, 2.24) is 15.2 Å². The molecule has 0 radical (unpaired) electrons. The molecule has 0 spiro atoms. The van der Waals surface area contributed by atoms with E-state index in [1.54, 1.807) is 29.3 Å². The van der Waals surface area contributed by atoms with Crippen molar-refractivity contribution in [1.29, 1.82) is 0 Å². The molecule has 142 valence electrons. The molecule has 1 fully saturated rings. The minimum Gasteiger partial charge on any atom is -0.394 e. The number of hydrogen-bond acceptors (Lipinski definition) is 5. The number of carbonyl (C=O) groups is 2. The van der Waals surface area contributed by atoms with E-state index in [4.69, 9.17) is 4.74 Å². The third-order valence-electron chi connectivity index (χ3n) is 4.84. The molecule has 2 amide bonds. The van der Waals surface area contributed by atoms with E-state index in [9.17, 15) is 14.7 Å². The Bertz CT molecular complexity index is 769. The molecule has 0 saturated carbocycles. The van der Waals surface area contributed by atoms with Crippen LogP contribution in [0.3, 0.4) is 0 Å². The third-order valence-corrected chi connectivity index (χ3v) is 4.84. The van der Waals surface area contributed by atoms with Gasteiger partial charge in [0.1, 0.15) is 12.3 Å². The minimum atomic E-state index is -0.341. The van der Waals surface area contributed by atoms with Gasteiger partial charge in [-0.05, 0) is 17.7 Å². The first-order valence-corrected chi connectivity index (χ1v) is 8.82. The SMILES string of the molecule is COCC(=O)N1[C@H](CO)[C@H](c2ccccc2)[C@H]1CNC(=O)c1ccccn1. The van der Waals surface area contributed by atoms with E-state index in [0.717, 1.165) is 5.56 Å². The van der Waals surface area contributed by atoms with E-state index in [1.165, 1.54) is 7.11 Å². The Morgan fingerprint density at radius 3 is 2.52 bits per heavy atom. The number of carbonyl (C=O) groups excluding carboxylic acids is 2. The highest BCUT2D eigenvalue weighted by atomic mass is 16.5. The van der Waals surface area contributed by atoms with Crippen molar-refractivity contribution in [2.45, 2.75) is 18.0 Å². The quantitative estimate of drug-likeness (QED) is 0.754. The lowest BCUT2D eigenvalue weighted by atomic mass is 9.75. The van der Waals surface area contributed by atoms with Gasteiger partial charge >= 0.3 is 0 Å². The molecule has 2 N–H and O–H groups in total. The number of ether oxygens (including phenoxy) is 1. The summed E-state index contributed by atoms with van der Waals surface area (Å²) in [6.45, 7) is 0.0450. The van der Waals surface area contributed by atoms with Gasteiger partial charge in [0.05, 0.1) is 18.7 Å². The van der Waals surface area contributed by atoms with Crippen LogP contribution in [0.15, 0.2) is 54.7 Å². The zero-order valence-corrected chi connectivity index (χ0v) is 15.1. The average Bonchev–Trinajstić information content (AvgIpc) is 2.69. The highest BCUT2D eigenvalue weighted by Gasteiger charge is 2.50. The molecule has 0 unspecified atom stereocenters. The van der Waals surface area contributed by atoms with Crippen LogP contribution in [-0.4, -0.2) is 65.8 Å². The first-order chi connectivity index (χ1) is 13.2. The number of pyridine rings is 1. The van der Waals surface area contributed by atoms with Crippen molar-refractivity contribution in [2.75, 3.05) is 26.9 Å². The predicted octanol–water partition coefficient (Wildman–Crippen LogP) is 0.813. The van der Waals surface area contributed by atoms with E-state index in [1.807, 2.05) is 30.3 Å². The molecule has 2 aromatic rings. The lowest BCUT2D eigenvalue weighted by molar-refractivity contribution is -0.154. The van der Waals surface area contributed by atoms with E-state index in [0.29, 0.717) is 5.69 Å². The Morgan fingerprint density at radius 1 is 1.15 bits per heavy atom. The minimum absolute atomic E-state index is 0.0668. The summed E-state index contributed by atoms with van der Waals surface area (Å²) in [6.07, 6.45) is 1.56. The van der Waals surface area contributed by atoms with Gasteiger partial charge in [-0.2, -0.15) is 0 Å². The number of hydrogen-bond donors (Lipinski definition) is 2. The number of nitrogens with zero attached hydrogens (tertiary/aromatic N) is 2. The molecule has 1 aliphatic rings. The van der Waals surface area contributed by atoms with Gasteiger partial charge in [0.2, 0.25) is 5.91 Å². The first-order valence-electron chi connectivity index (χ1n) is 8.82. The van der Waals surface area contributed by atoms with Crippen molar-refractivity contribution in [2.24, 2.45) is 0 Å². The van der Waals surface area contributed by atoms with Crippen molar-refractivity contribution in [3.63, 3.8) is 0 Å². The van der Waals surface area contributed by atoms with E-state index >= 15 is 0 Å². The number of aromatic nitrogens is 1. The van der Waals surface area contributed by atoms with Crippen LogP contribution >= 0.6 is 0 Å². The summed E-state index contributed by atoms with van der Waals surface area (Å²) in [5, 5.41) is 12.7. The van der Waals surface area contributed by atoms with Gasteiger partial charge in [0.15, 0.2) is 0 Å². The second kappa shape index (κ2) is 8.75. The van der Waals surface area contributed by atoms with Crippen LogP contribution in [0.2, 0.25) is 0 Å². The van der Waals surface area contributed by atoms with Gasteiger partial charge in [-0.3, -0.25) is 14.6 Å². The summed E-state index contributed by atoms with van der Waals surface area (Å²) < 4.78 is 4.97. The Hall–Kier alpha value is -2.77. The van der Waals surface area contributed by atoms with Gasteiger partial charge in [-0.15, -0.1) is 0 Å². The topological polar surface area (TPSA) is 91.8 Å². The van der Waals surface area contributed by atoms with Crippen molar-refractivity contribution in [3.05, 3.63) is 66.0 Å². The van der Waals surface area contributed by atoms with Gasteiger partial charge in [0.25, 0.3) is 5.91 Å². The number of rotatable bonds is 7. The summed E-state index contributed by atoms with van der Waals surface area (Å²) in [4.78, 5) is 30.4. The molecule has 1 saturated heterocycles. The molecule has 2 heterocycles. The van der Waals surface area contributed by atoms with Crippen LogP contribution in [0, 0.1) is 0 Å². The smallest absolute Gasteiger partial charge is 0.269 e. The van der Waals surface area contributed by atoms with Crippen LogP contribution < -0.4 is 5.32 Å². The molecule has 3 atom stereocenters. The number of amides is 2. The van der Waals surface area contributed by atoms with Crippen molar-refractivity contribution in [3.8, 4) is 0 Å². The fourth-order valence-electron chi connectivity index (χ4n) is 3.65. The molecule has 7 heteroatoms. The molecule has 0 aliphatic carbocycles. The lowest BCUT2D eigenvalue weighted by Gasteiger charge is -2.55. The first kappa shape index (κ1) is 19.0. The Balaban J connectivity index is 1.78. The maximum Gasteiger partial charge on any atom is 0.269 e. The highest BCUT2D eigenvalue weighted by molar-refractivity contribution is 5.92. The molecule has 1 aromatic carbocycles. The number of aliphatic hydroxyl groups excluding tert-OH is 1. The van der Waals surface area contributed by atoms with Crippen LogP contribution in [0.1, 0.15) is 22.0 Å². The lowest BCUT2D eigenvalue weighted by Crippen LogP contribution is -2.69. The van der Waals surface area contributed by atoms with Crippen molar-refractivity contribution >= 4 is 11.8 Å². The average molecular weight is 369 g/mol. The monoisotopic (exact) mass is 369 g/mol. The van der Waals surface area contributed by atoms with Crippen LogP contribution in [-0.2, 0) is 9.53 Å². The Kier molecular flexibility index (Phi) is 6.16. The summed E-state index contributed by atoms with van der Waals surface area (Å²) in [5.74, 6) is -0.573. The highest BCUT2D eigenvalue weighted by Crippen LogP contribution is 2.40. The molecule has 1 aliphatic heterocycles. The van der Waals surface area contributed by atoms with Gasteiger partial charge in [0, 0.05) is 25.8 Å². The number of nitrogens with one attached hydrogen (secondary N) is 1. The van der Waals surface area contributed by atoms with Gasteiger partial charge < -0.3 is 20.1 Å². The van der Waals surface area contributed by atoms with Gasteiger partial charge in [-0.25, -0.2) is 0 Å². The number of benzene rings is 1. The molecular formula is C20H23N3O4. The number of methoxy groups -OCH3 is 1. The standard InChI is InChI=1S/C20H23N3O4/c1-27-13-18(25)23-16(11-22-20(26)15-9-5-6-10-21-15)19(17(23)12-24)14-7-3-2-4-8-14/h2-10,16-17,19,24H,11-13H2,1H3,(H,22,26)/t16-,17-,19-/m1/s1. The molecule has 1 aromatic heterocycles. The zero-order chi connectivity index (χ0) is 19.2. The number of aliphatic hydroxyl groups is 1. The molecule has 0 bridgehead atoms. The fraction of sp³-hybridized carbons (Fsp3) is 0.350. The second-order valence-electron chi connectivity index (χ2n) is 6.41. The molecule has 27 heavy (non-hydrogen) atoms. The molecule has 3 rings (SSSR count). The van der Waals surface area contributed by atoms with E-state index in [-0.39, 0.29) is 49.6 Å². The predicted molar refractivity (Wildman–Crippen MR) is 99.1 cm³/mol. The Morgan fingerprint density at radius 2 is 1.89 bits per heavy atom. The van der Waals surface area contributed by atoms with E-state index < -0.39 is 0 Å². The summed E-state index contributed by atoms with van der Waals surface area (Å²) in [7, 11) is 1.46. The van der Waals surface area contributed by atoms with E-state index in [2.05, 4.69) is 10.3 Å². The summed E-state index contributed by atoms with van der Waals surface area (Å²) in [5.41, 5.74) is 1.34. The molecule has 7 nitrogen and oxygen atoms in total. The van der Waals surface area contributed by atoms with Crippen molar-refractivity contribution < 1.29 is 19.4 Å². The molecular weight excluding hydrogens is 346 g/mol.